The van der Waals surface area contributed by atoms with Gasteiger partial charge in [0.2, 0.25) is 0 Å². The number of fused-ring (bicyclic) bond motifs is 1. The Hall–Kier alpha value is -3.29. The number of hydrogen-bond acceptors (Lipinski definition) is 4. The van der Waals surface area contributed by atoms with Gasteiger partial charge in [0.25, 0.3) is 5.91 Å². The highest BCUT2D eigenvalue weighted by molar-refractivity contribution is 5.97. The van der Waals surface area contributed by atoms with E-state index in [1.54, 1.807) is 30.1 Å². The Balaban J connectivity index is 1.42. The molecule has 0 aromatic heterocycles. The van der Waals surface area contributed by atoms with Crippen molar-refractivity contribution >= 4 is 17.6 Å². The fourth-order valence-electron chi connectivity index (χ4n) is 3.18. The van der Waals surface area contributed by atoms with E-state index in [-0.39, 0.29) is 24.1 Å². The zero-order chi connectivity index (χ0) is 21.3. The molecule has 0 bridgehead atoms. The normalized spacial score (nSPS) is 13.5. The number of amides is 1. The number of rotatable bonds is 8. The summed E-state index contributed by atoms with van der Waals surface area (Å²) in [4.78, 5) is 20.2. The zero-order valence-electron chi connectivity index (χ0n) is 17.3. The van der Waals surface area contributed by atoms with Crippen molar-refractivity contribution in [3.8, 4) is 11.5 Å². The summed E-state index contributed by atoms with van der Waals surface area (Å²) in [7, 11) is 3.60. The summed E-state index contributed by atoms with van der Waals surface area (Å²) in [6, 6.07) is 13.9. The van der Waals surface area contributed by atoms with Gasteiger partial charge in [0.05, 0.1) is 12.2 Å². The number of carbonyl (C=O) groups excluding carboxylic acids is 1. The van der Waals surface area contributed by atoms with Crippen LogP contribution < -0.4 is 19.7 Å². The highest BCUT2D eigenvalue weighted by Gasteiger charge is 2.24. The first-order valence-electron chi connectivity index (χ1n) is 9.91. The summed E-state index contributed by atoms with van der Waals surface area (Å²) < 4.78 is 24.6. The van der Waals surface area contributed by atoms with E-state index < -0.39 is 0 Å². The summed E-state index contributed by atoms with van der Waals surface area (Å²) in [5, 5.41) is 3.28. The number of ether oxygens (including phenoxy) is 2. The molecule has 30 heavy (non-hydrogen) atoms. The molecule has 1 N–H and O–H groups in total. The number of carbonyl (C=O) groups is 1. The Bertz CT molecular complexity index is 890. The summed E-state index contributed by atoms with van der Waals surface area (Å²) in [5.74, 6) is 1.27. The average molecular weight is 414 g/mol. The molecule has 2 aromatic rings. The van der Waals surface area contributed by atoms with Crippen LogP contribution in [0.5, 0.6) is 11.5 Å². The van der Waals surface area contributed by atoms with E-state index in [2.05, 4.69) is 10.3 Å². The monoisotopic (exact) mass is 414 g/mol. The lowest BCUT2D eigenvalue weighted by atomic mass is 10.2. The SMILES string of the molecule is CN=C(NCCCN1C(=O)COc2ccccc21)N(C)CCOc1ccccc1F. The lowest BCUT2D eigenvalue weighted by Crippen LogP contribution is -2.43. The minimum atomic E-state index is -0.373. The summed E-state index contributed by atoms with van der Waals surface area (Å²) in [6.45, 7) is 2.18. The molecule has 0 aliphatic carbocycles. The Morgan fingerprint density at radius 2 is 2.03 bits per heavy atom. The van der Waals surface area contributed by atoms with Crippen molar-refractivity contribution in [2.45, 2.75) is 6.42 Å². The lowest BCUT2D eigenvalue weighted by molar-refractivity contribution is -0.121. The highest BCUT2D eigenvalue weighted by atomic mass is 19.1. The van der Waals surface area contributed by atoms with Crippen LogP contribution in [0.4, 0.5) is 10.1 Å². The number of nitrogens with one attached hydrogen (secondary N) is 1. The van der Waals surface area contributed by atoms with E-state index in [0.717, 1.165) is 17.9 Å². The predicted octanol–water partition coefficient (Wildman–Crippen LogP) is 2.53. The van der Waals surface area contributed by atoms with Gasteiger partial charge in [-0.2, -0.15) is 0 Å². The van der Waals surface area contributed by atoms with Crippen molar-refractivity contribution in [1.82, 2.24) is 10.2 Å². The van der Waals surface area contributed by atoms with Crippen molar-refractivity contribution in [2.75, 3.05) is 51.8 Å². The number of guanidine groups is 1. The van der Waals surface area contributed by atoms with Crippen LogP contribution in [-0.4, -0.2) is 63.7 Å². The molecule has 0 saturated heterocycles. The molecule has 1 aliphatic rings. The van der Waals surface area contributed by atoms with Crippen LogP contribution in [-0.2, 0) is 4.79 Å². The van der Waals surface area contributed by atoms with Gasteiger partial charge in [0, 0.05) is 27.2 Å². The Labute approximate surface area is 176 Å². The first-order valence-corrected chi connectivity index (χ1v) is 9.91. The van der Waals surface area contributed by atoms with Crippen LogP contribution in [0, 0.1) is 5.82 Å². The number of likely N-dealkylation sites (N-methyl/N-ethyl adjacent to an activating group) is 1. The largest absolute Gasteiger partial charge is 0.489 e. The fourth-order valence-corrected chi connectivity index (χ4v) is 3.18. The number of anilines is 1. The van der Waals surface area contributed by atoms with Crippen molar-refractivity contribution in [1.29, 1.82) is 0 Å². The zero-order valence-corrected chi connectivity index (χ0v) is 17.3. The summed E-state index contributed by atoms with van der Waals surface area (Å²) in [5.41, 5.74) is 0.806. The molecule has 3 rings (SSSR count). The first-order chi connectivity index (χ1) is 14.6. The number of nitrogens with zero attached hydrogens (tertiary/aromatic N) is 3. The third-order valence-electron chi connectivity index (χ3n) is 4.74. The molecule has 0 radical (unpaired) electrons. The number of benzene rings is 2. The standard InChI is InChI=1S/C22H27FN4O3/c1-24-22(26(2)14-15-29-19-10-5-3-8-17(19)23)25-12-7-13-27-18-9-4-6-11-20(18)30-16-21(27)28/h3-6,8-11H,7,12-16H2,1-2H3,(H,24,25). The van der Waals surface area contributed by atoms with E-state index in [1.165, 1.54) is 6.07 Å². The molecule has 1 amide bonds. The van der Waals surface area contributed by atoms with E-state index in [0.29, 0.717) is 32.2 Å². The molecule has 0 spiro atoms. The molecular weight excluding hydrogens is 387 g/mol. The Kier molecular flexibility index (Phi) is 7.48. The van der Waals surface area contributed by atoms with Crippen LogP contribution in [0.25, 0.3) is 0 Å². The van der Waals surface area contributed by atoms with Crippen LogP contribution in [0.1, 0.15) is 6.42 Å². The third kappa shape index (κ3) is 5.40. The van der Waals surface area contributed by atoms with Gasteiger partial charge in [-0.3, -0.25) is 9.79 Å². The second-order valence-corrected chi connectivity index (χ2v) is 6.83. The van der Waals surface area contributed by atoms with Crippen LogP contribution in [0.2, 0.25) is 0 Å². The van der Waals surface area contributed by atoms with E-state index in [4.69, 9.17) is 9.47 Å². The van der Waals surface area contributed by atoms with Gasteiger partial charge < -0.3 is 24.6 Å². The van der Waals surface area contributed by atoms with Crippen molar-refractivity contribution < 1.29 is 18.7 Å². The number of aliphatic imine (C=N–C) groups is 1. The van der Waals surface area contributed by atoms with E-state index in [9.17, 15) is 9.18 Å². The molecule has 0 atom stereocenters. The maximum absolute atomic E-state index is 13.6. The van der Waals surface area contributed by atoms with Crippen molar-refractivity contribution in [3.05, 3.63) is 54.3 Å². The smallest absolute Gasteiger partial charge is 0.265 e. The molecule has 1 heterocycles. The molecule has 1 aliphatic heterocycles. The van der Waals surface area contributed by atoms with Gasteiger partial charge in [-0.15, -0.1) is 0 Å². The lowest BCUT2D eigenvalue weighted by Gasteiger charge is -2.29. The minimum Gasteiger partial charge on any atom is -0.489 e. The molecule has 0 unspecified atom stereocenters. The maximum Gasteiger partial charge on any atom is 0.265 e. The van der Waals surface area contributed by atoms with E-state index >= 15 is 0 Å². The molecule has 7 nitrogen and oxygen atoms in total. The van der Waals surface area contributed by atoms with Gasteiger partial charge >= 0.3 is 0 Å². The number of para-hydroxylation sites is 3. The van der Waals surface area contributed by atoms with Gasteiger partial charge in [-0.25, -0.2) is 4.39 Å². The highest BCUT2D eigenvalue weighted by Crippen LogP contribution is 2.31. The molecule has 0 fully saturated rings. The average Bonchev–Trinajstić information content (AvgIpc) is 2.76. The maximum atomic E-state index is 13.6. The van der Waals surface area contributed by atoms with Crippen LogP contribution >= 0.6 is 0 Å². The fraction of sp³-hybridized carbons (Fsp3) is 0.364. The van der Waals surface area contributed by atoms with Crippen molar-refractivity contribution in [2.24, 2.45) is 4.99 Å². The van der Waals surface area contributed by atoms with E-state index in [1.807, 2.05) is 36.2 Å². The summed E-state index contributed by atoms with van der Waals surface area (Å²) in [6.07, 6.45) is 0.749. The van der Waals surface area contributed by atoms with Gasteiger partial charge in [-0.05, 0) is 30.7 Å². The third-order valence-corrected chi connectivity index (χ3v) is 4.74. The first kappa shape index (κ1) is 21.4. The van der Waals surface area contributed by atoms with Gasteiger partial charge in [-0.1, -0.05) is 24.3 Å². The Morgan fingerprint density at radius 3 is 2.83 bits per heavy atom. The molecule has 2 aromatic carbocycles. The second-order valence-electron chi connectivity index (χ2n) is 6.83. The Morgan fingerprint density at radius 1 is 1.27 bits per heavy atom. The van der Waals surface area contributed by atoms with Crippen LogP contribution in [0.15, 0.2) is 53.5 Å². The molecular formula is C22H27FN4O3. The van der Waals surface area contributed by atoms with Gasteiger partial charge in [0.15, 0.2) is 24.1 Å². The topological polar surface area (TPSA) is 66.4 Å². The summed E-state index contributed by atoms with van der Waals surface area (Å²) >= 11 is 0. The predicted molar refractivity (Wildman–Crippen MR) is 115 cm³/mol. The van der Waals surface area contributed by atoms with Crippen LogP contribution in [0.3, 0.4) is 0 Å². The number of hydrogen-bond donors (Lipinski definition) is 1. The molecule has 8 heteroatoms. The quantitative estimate of drug-likeness (QED) is 0.409. The second kappa shape index (κ2) is 10.5. The molecule has 160 valence electrons. The van der Waals surface area contributed by atoms with Crippen molar-refractivity contribution in [3.63, 3.8) is 0 Å². The van der Waals surface area contributed by atoms with Gasteiger partial charge in [0.1, 0.15) is 12.4 Å². The minimum absolute atomic E-state index is 0.0412. The number of halogens is 1. The molecule has 0 saturated carbocycles.